The Morgan fingerprint density at radius 3 is 2.77 bits per heavy atom. The van der Waals surface area contributed by atoms with Crippen LogP contribution in [0.15, 0.2) is 54.2 Å². The van der Waals surface area contributed by atoms with E-state index >= 15 is 0 Å². The summed E-state index contributed by atoms with van der Waals surface area (Å²) in [7, 11) is 1.86. The maximum atomic E-state index is 13.6. The van der Waals surface area contributed by atoms with Crippen molar-refractivity contribution in [1.82, 2.24) is 19.4 Å². The average molecular weight is 388 g/mol. The molecule has 0 amide bonds. The number of fused-ring (bicyclic) bond motifs is 1. The van der Waals surface area contributed by atoms with Crippen molar-refractivity contribution in [3.63, 3.8) is 0 Å². The lowest BCUT2D eigenvalue weighted by Crippen LogP contribution is -1.93. The molecule has 26 heavy (non-hydrogen) atoms. The first-order chi connectivity index (χ1) is 12.5. The molecule has 0 aliphatic heterocycles. The van der Waals surface area contributed by atoms with Crippen molar-refractivity contribution < 1.29 is 4.39 Å². The average Bonchev–Trinajstić information content (AvgIpc) is 3.24. The van der Waals surface area contributed by atoms with Gasteiger partial charge in [0.2, 0.25) is 0 Å². The van der Waals surface area contributed by atoms with Gasteiger partial charge < -0.3 is 0 Å². The first kappa shape index (κ1) is 16.8. The van der Waals surface area contributed by atoms with Crippen molar-refractivity contribution in [3.05, 3.63) is 70.5 Å². The molecule has 0 N–H and O–H groups in total. The molecule has 0 fully saturated rings. The zero-order chi connectivity index (χ0) is 18.3. The predicted octanol–water partition coefficient (Wildman–Crippen LogP) is 4.76. The molecule has 4 rings (SSSR count). The number of pyridine rings is 1. The third-order valence-electron chi connectivity index (χ3n) is 3.95. The van der Waals surface area contributed by atoms with Crippen LogP contribution in [0.5, 0.6) is 0 Å². The van der Waals surface area contributed by atoms with Gasteiger partial charge in [0.05, 0.1) is 33.5 Å². The molecule has 8 heteroatoms. The summed E-state index contributed by atoms with van der Waals surface area (Å²) in [5, 5.41) is 8.80. The standard InChI is InChI=1S/C18H12Cl2FN5/c1-25-10-12(8-23-25)11-6-17-16(22-7-11)4-5-26(17)24-9-13-14(19)2-3-15(21)18(13)20/h2-10H,1H3/b24-9+. The summed E-state index contributed by atoms with van der Waals surface area (Å²) in [5.41, 5.74) is 3.78. The second kappa shape index (κ2) is 6.55. The maximum absolute atomic E-state index is 13.6. The Morgan fingerprint density at radius 2 is 2.00 bits per heavy atom. The number of halogens is 3. The minimum absolute atomic E-state index is 0.0631. The smallest absolute Gasteiger partial charge is 0.142 e. The Morgan fingerprint density at radius 1 is 1.15 bits per heavy atom. The van der Waals surface area contributed by atoms with Gasteiger partial charge in [-0.05, 0) is 24.3 Å². The van der Waals surface area contributed by atoms with Crippen LogP contribution in [0, 0.1) is 5.82 Å². The van der Waals surface area contributed by atoms with Crippen molar-refractivity contribution in [1.29, 1.82) is 0 Å². The fourth-order valence-corrected chi connectivity index (χ4v) is 3.08. The Kier molecular flexibility index (Phi) is 4.22. The third-order valence-corrected chi connectivity index (χ3v) is 4.66. The molecule has 3 aromatic heterocycles. The molecule has 0 atom stereocenters. The van der Waals surface area contributed by atoms with Crippen molar-refractivity contribution in [2.45, 2.75) is 0 Å². The topological polar surface area (TPSA) is 48.0 Å². The Bertz CT molecular complexity index is 1150. The molecule has 0 aliphatic rings. The highest BCUT2D eigenvalue weighted by Crippen LogP contribution is 2.26. The molecular weight excluding hydrogens is 376 g/mol. The Hall–Kier alpha value is -2.70. The SMILES string of the molecule is Cn1cc(-c2cnc3ccn(/N=C/c4c(Cl)ccc(F)c4Cl)c3c2)cn1. The fraction of sp³-hybridized carbons (Fsp3) is 0.0556. The van der Waals surface area contributed by atoms with Crippen LogP contribution >= 0.6 is 23.2 Å². The highest BCUT2D eigenvalue weighted by molar-refractivity contribution is 6.38. The van der Waals surface area contributed by atoms with E-state index in [-0.39, 0.29) is 5.02 Å². The quantitative estimate of drug-likeness (QED) is 0.375. The van der Waals surface area contributed by atoms with E-state index in [0.29, 0.717) is 10.6 Å². The Labute approximate surface area is 158 Å². The molecule has 0 saturated carbocycles. The van der Waals surface area contributed by atoms with Crippen molar-refractivity contribution in [2.75, 3.05) is 0 Å². The largest absolute Gasteiger partial charge is 0.275 e. The van der Waals surface area contributed by atoms with E-state index in [1.165, 1.54) is 18.3 Å². The van der Waals surface area contributed by atoms with Gasteiger partial charge in [-0.2, -0.15) is 10.2 Å². The first-order valence-electron chi connectivity index (χ1n) is 7.67. The van der Waals surface area contributed by atoms with Crippen LogP contribution in [-0.4, -0.2) is 25.7 Å². The monoisotopic (exact) mass is 387 g/mol. The fourth-order valence-electron chi connectivity index (χ4n) is 2.61. The van der Waals surface area contributed by atoms with E-state index in [1.807, 2.05) is 25.4 Å². The van der Waals surface area contributed by atoms with E-state index in [0.717, 1.165) is 22.2 Å². The second-order valence-corrected chi connectivity index (χ2v) is 6.48. The number of nitrogens with zero attached hydrogens (tertiary/aromatic N) is 5. The van der Waals surface area contributed by atoms with Crippen molar-refractivity contribution in [2.24, 2.45) is 12.1 Å². The molecule has 0 aliphatic carbocycles. The van der Waals surface area contributed by atoms with E-state index in [4.69, 9.17) is 23.2 Å². The van der Waals surface area contributed by atoms with Gasteiger partial charge in [0.1, 0.15) is 5.82 Å². The summed E-state index contributed by atoms with van der Waals surface area (Å²) in [5.74, 6) is -0.546. The van der Waals surface area contributed by atoms with Gasteiger partial charge in [-0.25, -0.2) is 9.07 Å². The zero-order valence-electron chi connectivity index (χ0n) is 13.6. The second-order valence-electron chi connectivity index (χ2n) is 5.69. The minimum atomic E-state index is -0.546. The molecule has 4 aromatic rings. The normalized spacial score (nSPS) is 11.7. The molecule has 130 valence electrons. The molecule has 3 heterocycles. The summed E-state index contributed by atoms with van der Waals surface area (Å²) >= 11 is 12.1. The number of hydrogen-bond donors (Lipinski definition) is 0. The van der Waals surface area contributed by atoms with E-state index in [2.05, 4.69) is 15.2 Å². The predicted molar refractivity (Wildman–Crippen MR) is 101 cm³/mol. The van der Waals surface area contributed by atoms with E-state index in [9.17, 15) is 4.39 Å². The van der Waals surface area contributed by atoms with Crippen LogP contribution < -0.4 is 0 Å². The number of aromatic nitrogens is 4. The molecule has 0 bridgehead atoms. The number of hydrogen-bond acceptors (Lipinski definition) is 3. The van der Waals surface area contributed by atoms with Crippen LogP contribution in [0.4, 0.5) is 4.39 Å². The number of rotatable bonds is 3. The molecule has 0 radical (unpaired) electrons. The molecule has 0 unspecified atom stereocenters. The molecule has 1 aromatic carbocycles. The lowest BCUT2D eigenvalue weighted by Gasteiger charge is -2.03. The molecule has 5 nitrogen and oxygen atoms in total. The van der Waals surface area contributed by atoms with Gasteiger partial charge in [-0.15, -0.1) is 0 Å². The van der Waals surface area contributed by atoms with Gasteiger partial charge in [-0.3, -0.25) is 9.67 Å². The summed E-state index contributed by atoms with van der Waals surface area (Å²) in [6, 6.07) is 6.47. The Balaban J connectivity index is 1.77. The summed E-state index contributed by atoms with van der Waals surface area (Å²) in [4.78, 5) is 4.45. The van der Waals surface area contributed by atoms with Crippen molar-refractivity contribution in [3.8, 4) is 11.1 Å². The van der Waals surface area contributed by atoms with Gasteiger partial charge in [0.15, 0.2) is 0 Å². The molecule has 0 spiro atoms. The highest BCUT2D eigenvalue weighted by atomic mass is 35.5. The van der Waals surface area contributed by atoms with Crippen LogP contribution in [0.1, 0.15) is 5.56 Å². The number of benzene rings is 1. The van der Waals surface area contributed by atoms with E-state index in [1.54, 1.807) is 27.9 Å². The first-order valence-corrected chi connectivity index (χ1v) is 8.42. The summed E-state index contributed by atoms with van der Waals surface area (Å²) in [6.45, 7) is 0. The molecular formula is C18H12Cl2FN5. The number of aryl methyl sites for hydroxylation is 1. The van der Waals surface area contributed by atoms with Gasteiger partial charge in [0, 0.05) is 42.3 Å². The van der Waals surface area contributed by atoms with Gasteiger partial charge in [-0.1, -0.05) is 23.2 Å². The van der Waals surface area contributed by atoms with Crippen LogP contribution in [0.2, 0.25) is 10.0 Å². The summed E-state index contributed by atoms with van der Waals surface area (Å²) < 4.78 is 17.0. The summed E-state index contributed by atoms with van der Waals surface area (Å²) in [6.07, 6.45) is 8.66. The van der Waals surface area contributed by atoms with E-state index < -0.39 is 5.82 Å². The zero-order valence-corrected chi connectivity index (χ0v) is 15.1. The van der Waals surface area contributed by atoms with Gasteiger partial charge >= 0.3 is 0 Å². The minimum Gasteiger partial charge on any atom is -0.275 e. The van der Waals surface area contributed by atoms with Crippen molar-refractivity contribution >= 4 is 40.4 Å². The van der Waals surface area contributed by atoms with Crippen LogP contribution in [0.3, 0.4) is 0 Å². The maximum Gasteiger partial charge on any atom is 0.142 e. The molecule has 0 saturated heterocycles. The van der Waals surface area contributed by atoms with Crippen LogP contribution in [0.25, 0.3) is 22.2 Å². The highest BCUT2D eigenvalue weighted by Gasteiger charge is 2.10. The third kappa shape index (κ3) is 2.98. The lowest BCUT2D eigenvalue weighted by atomic mass is 10.1. The lowest BCUT2D eigenvalue weighted by molar-refractivity contribution is 0.628. The van der Waals surface area contributed by atoms with Gasteiger partial charge in [0.25, 0.3) is 0 Å². The van der Waals surface area contributed by atoms with Crippen LogP contribution in [-0.2, 0) is 7.05 Å².